The molecule has 0 fully saturated rings. The number of likely N-dealkylation sites (N-methyl/N-ethyl adjacent to an activating group) is 1. The number of hydrogen-bond donors (Lipinski definition) is 0. The zero-order valence-corrected chi connectivity index (χ0v) is 6.41. The standard InChI is InChI=1S/C7H12N3/c1-8-5-6-10-7(8)3-4-9(10)2/h3-4H,5-6H2,1-2H3/q+1. The van der Waals surface area contributed by atoms with Crippen molar-refractivity contribution in [2.75, 3.05) is 18.5 Å². The Morgan fingerprint density at radius 3 is 3.00 bits per heavy atom. The highest BCUT2D eigenvalue weighted by molar-refractivity contribution is 5.38. The Labute approximate surface area is 60.5 Å². The molecule has 0 unspecified atom stereocenters. The first-order valence-corrected chi connectivity index (χ1v) is 3.55. The van der Waals surface area contributed by atoms with Crippen molar-refractivity contribution in [1.29, 1.82) is 0 Å². The summed E-state index contributed by atoms with van der Waals surface area (Å²) in [5.74, 6) is 1.32. The number of anilines is 1. The summed E-state index contributed by atoms with van der Waals surface area (Å²) >= 11 is 0. The summed E-state index contributed by atoms with van der Waals surface area (Å²) in [5, 5.41) is 0. The van der Waals surface area contributed by atoms with E-state index < -0.39 is 0 Å². The van der Waals surface area contributed by atoms with Crippen molar-refractivity contribution in [2.24, 2.45) is 7.05 Å². The molecule has 0 atom stereocenters. The fraction of sp³-hybridized carbons (Fsp3) is 0.571. The van der Waals surface area contributed by atoms with Crippen LogP contribution in [-0.2, 0) is 13.6 Å². The molecule has 0 saturated carbocycles. The van der Waals surface area contributed by atoms with E-state index in [1.807, 2.05) is 0 Å². The van der Waals surface area contributed by atoms with Crippen LogP contribution in [0.4, 0.5) is 5.82 Å². The van der Waals surface area contributed by atoms with Crippen molar-refractivity contribution in [3.8, 4) is 0 Å². The number of nitrogens with zero attached hydrogens (tertiary/aromatic N) is 3. The molecule has 54 valence electrons. The van der Waals surface area contributed by atoms with Crippen molar-refractivity contribution in [1.82, 2.24) is 4.68 Å². The van der Waals surface area contributed by atoms with Gasteiger partial charge in [-0.15, -0.1) is 9.36 Å². The molecule has 1 aliphatic rings. The van der Waals surface area contributed by atoms with Crippen LogP contribution in [0, 0.1) is 0 Å². The molecular weight excluding hydrogens is 126 g/mol. The lowest BCUT2D eigenvalue weighted by Gasteiger charge is -2.04. The van der Waals surface area contributed by atoms with E-state index in [1.54, 1.807) is 0 Å². The molecule has 0 amide bonds. The summed E-state index contributed by atoms with van der Waals surface area (Å²) in [5.41, 5.74) is 0. The van der Waals surface area contributed by atoms with Crippen molar-refractivity contribution >= 4 is 5.82 Å². The van der Waals surface area contributed by atoms with Crippen molar-refractivity contribution in [3.63, 3.8) is 0 Å². The quantitative estimate of drug-likeness (QED) is 0.451. The van der Waals surface area contributed by atoms with Crippen LogP contribution in [0.15, 0.2) is 12.3 Å². The van der Waals surface area contributed by atoms with Crippen LogP contribution in [0.5, 0.6) is 0 Å². The molecule has 1 aliphatic heterocycles. The Kier molecular flexibility index (Phi) is 1.01. The lowest BCUT2D eigenvalue weighted by atomic mass is 10.6. The molecule has 0 aromatic carbocycles. The lowest BCUT2D eigenvalue weighted by Crippen LogP contribution is -2.37. The Morgan fingerprint density at radius 2 is 2.30 bits per heavy atom. The molecule has 0 bridgehead atoms. The molecule has 1 aromatic heterocycles. The van der Waals surface area contributed by atoms with Gasteiger partial charge in [0.25, 0.3) is 0 Å². The normalized spacial score (nSPS) is 16.0. The summed E-state index contributed by atoms with van der Waals surface area (Å²) in [6.07, 6.45) is 2.09. The second-order valence-electron chi connectivity index (χ2n) is 2.79. The van der Waals surface area contributed by atoms with E-state index in [-0.39, 0.29) is 0 Å². The van der Waals surface area contributed by atoms with Crippen LogP contribution in [-0.4, -0.2) is 18.3 Å². The fourth-order valence-corrected chi connectivity index (χ4v) is 1.46. The molecule has 0 radical (unpaired) electrons. The van der Waals surface area contributed by atoms with Crippen molar-refractivity contribution in [2.45, 2.75) is 6.54 Å². The zero-order chi connectivity index (χ0) is 7.14. The maximum absolute atomic E-state index is 2.26. The summed E-state index contributed by atoms with van der Waals surface area (Å²) < 4.78 is 4.39. The molecule has 3 heteroatoms. The highest BCUT2D eigenvalue weighted by Crippen LogP contribution is 2.15. The maximum atomic E-state index is 2.26. The van der Waals surface area contributed by atoms with Gasteiger partial charge >= 0.3 is 0 Å². The number of aromatic nitrogens is 2. The molecule has 0 spiro atoms. The van der Waals surface area contributed by atoms with Gasteiger partial charge in [0.2, 0.25) is 0 Å². The van der Waals surface area contributed by atoms with E-state index in [0.717, 1.165) is 13.1 Å². The molecule has 2 heterocycles. The first kappa shape index (κ1) is 5.77. The zero-order valence-electron chi connectivity index (χ0n) is 6.41. The molecule has 0 N–H and O–H groups in total. The Bertz CT molecular complexity index is 251. The lowest BCUT2D eigenvalue weighted by molar-refractivity contribution is -0.751. The van der Waals surface area contributed by atoms with E-state index >= 15 is 0 Å². The van der Waals surface area contributed by atoms with Crippen LogP contribution in [0.25, 0.3) is 0 Å². The number of fused-ring (bicyclic) bond motifs is 1. The van der Waals surface area contributed by atoms with Crippen LogP contribution in [0.1, 0.15) is 0 Å². The van der Waals surface area contributed by atoms with Gasteiger partial charge in [-0.2, -0.15) is 0 Å². The monoisotopic (exact) mass is 138 g/mol. The Morgan fingerprint density at radius 1 is 1.50 bits per heavy atom. The number of hydrogen-bond acceptors (Lipinski definition) is 1. The molecule has 10 heavy (non-hydrogen) atoms. The van der Waals surface area contributed by atoms with Gasteiger partial charge in [0.1, 0.15) is 0 Å². The average Bonchev–Trinajstić information content (AvgIpc) is 2.41. The molecule has 0 aliphatic carbocycles. The maximum Gasteiger partial charge on any atom is 0.197 e. The second kappa shape index (κ2) is 1.75. The molecule has 1 aromatic rings. The van der Waals surface area contributed by atoms with Crippen LogP contribution in [0.3, 0.4) is 0 Å². The molecular formula is C7H12N3+. The SMILES string of the molecule is CN1CCn2c1cc[n+]2C. The van der Waals surface area contributed by atoms with Crippen LogP contribution >= 0.6 is 0 Å². The first-order chi connectivity index (χ1) is 4.79. The van der Waals surface area contributed by atoms with Crippen molar-refractivity contribution in [3.05, 3.63) is 12.3 Å². The fourth-order valence-electron chi connectivity index (χ4n) is 1.46. The second-order valence-corrected chi connectivity index (χ2v) is 2.79. The number of aryl methyl sites for hydroxylation is 1. The summed E-state index contributed by atoms with van der Waals surface area (Å²) in [4.78, 5) is 2.26. The topological polar surface area (TPSA) is 12.1 Å². The van der Waals surface area contributed by atoms with Crippen LogP contribution < -0.4 is 9.58 Å². The minimum absolute atomic E-state index is 1.12. The van der Waals surface area contributed by atoms with E-state index in [1.165, 1.54) is 5.82 Å². The van der Waals surface area contributed by atoms with E-state index in [0.29, 0.717) is 0 Å². The van der Waals surface area contributed by atoms with Gasteiger partial charge in [0, 0.05) is 13.6 Å². The van der Waals surface area contributed by atoms with E-state index in [4.69, 9.17) is 0 Å². The third-order valence-corrected chi connectivity index (χ3v) is 2.12. The average molecular weight is 138 g/mol. The van der Waals surface area contributed by atoms with Crippen molar-refractivity contribution < 1.29 is 4.68 Å². The smallest absolute Gasteiger partial charge is 0.197 e. The van der Waals surface area contributed by atoms with Gasteiger partial charge < -0.3 is 4.90 Å². The Balaban J connectivity index is 2.53. The summed E-state index contributed by atoms with van der Waals surface area (Å²) in [6, 6.07) is 2.15. The molecule has 3 nitrogen and oxygen atoms in total. The van der Waals surface area contributed by atoms with Gasteiger partial charge in [-0.05, 0) is 0 Å². The van der Waals surface area contributed by atoms with Gasteiger partial charge in [0.15, 0.2) is 19.1 Å². The van der Waals surface area contributed by atoms with E-state index in [9.17, 15) is 0 Å². The van der Waals surface area contributed by atoms with Gasteiger partial charge in [-0.25, -0.2) is 0 Å². The van der Waals surface area contributed by atoms with Gasteiger partial charge in [0.05, 0.1) is 12.6 Å². The third-order valence-electron chi connectivity index (χ3n) is 2.12. The van der Waals surface area contributed by atoms with Crippen LogP contribution in [0.2, 0.25) is 0 Å². The van der Waals surface area contributed by atoms with E-state index in [2.05, 4.69) is 40.6 Å². The third kappa shape index (κ3) is 0.574. The minimum atomic E-state index is 1.12. The number of rotatable bonds is 0. The predicted octanol–water partition coefficient (Wildman–Crippen LogP) is -0.238. The molecule has 0 saturated heterocycles. The van der Waals surface area contributed by atoms with Gasteiger partial charge in [-0.1, -0.05) is 0 Å². The highest BCUT2D eigenvalue weighted by Gasteiger charge is 2.21. The highest BCUT2D eigenvalue weighted by atomic mass is 15.5. The summed E-state index contributed by atoms with van der Waals surface area (Å²) in [7, 11) is 4.20. The van der Waals surface area contributed by atoms with Gasteiger partial charge in [-0.3, -0.25) is 0 Å². The Hall–Kier alpha value is -0.990. The minimum Gasteiger partial charge on any atom is -0.355 e. The first-order valence-electron chi connectivity index (χ1n) is 3.55. The summed E-state index contributed by atoms with van der Waals surface area (Å²) in [6.45, 7) is 2.26. The largest absolute Gasteiger partial charge is 0.355 e. The predicted molar refractivity (Wildman–Crippen MR) is 38.9 cm³/mol. The molecule has 2 rings (SSSR count).